The van der Waals surface area contributed by atoms with Gasteiger partial charge >= 0.3 is 0 Å². The minimum absolute atomic E-state index is 0.0797. The highest BCUT2D eigenvalue weighted by atomic mass is 16.3. The van der Waals surface area contributed by atoms with Gasteiger partial charge in [-0.1, -0.05) is 6.92 Å². The summed E-state index contributed by atoms with van der Waals surface area (Å²) < 4.78 is 0. The first-order chi connectivity index (χ1) is 7.40. The van der Waals surface area contributed by atoms with Crippen molar-refractivity contribution in [2.24, 2.45) is 0 Å². The maximum absolute atomic E-state index is 11.6. The molecule has 4 N–H and O–H groups in total. The van der Waals surface area contributed by atoms with Gasteiger partial charge in [-0.2, -0.15) is 0 Å². The quantitative estimate of drug-likeness (QED) is 0.482. The zero-order valence-corrected chi connectivity index (χ0v) is 10.6. The van der Waals surface area contributed by atoms with Crippen molar-refractivity contribution in [1.29, 1.82) is 0 Å². The van der Waals surface area contributed by atoms with Crippen molar-refractivity contribution in [1.82, 2.24) is 10.6 Å². The lowest BCUT2D eigenvalue weighted by Gasteiger charge is -2.33. The number of amides is 1. The van der Waals surface area contributed by atoms with Crippen LogP contribution in [0, 0.1) is 0 Å². The number of carbonyl (C=O) groups excluding carboxylic acids is 1. The van der Waals surface area contributed by atoms with Crippen LogP contribution in [0.25, 0.3) is 0 Å². The number of aliphatic hydroxyl groups excluding tert-OH is 2. The molecule has 0 saturated carbocycles. The second-order valence-corrected chi connectivity index (χ2v) is 4.48. The summed E-state index contributed by atoms with van der Waals surface area (Å²) in [6.45, 7) is 6.95. The Morgan fingerprint density at radius 2 is 1.75 bits per heavy atom. The van der Waals surface area contributed by atoms with Gasteiger partial charge in [-0.3, -0.25) is 10.1 Å². The van der Waals surface area contributed by atoms with Gasteiger partial charge in [0.05, 0.1) is 24.8 Å². The van der Waals surface area contributed by atoms with Crippen LogP contribution < -0.4 is 10.6 Å². The first-order valence-corrected chi connectivity index (χ1v) is 5.70. The van der Waals surface area contributed by atoms with Crippen LogP contribution in [-0.4, -0.2) is 47.0 Å². The van der Waals surface area contributed by atoms with E-state index in [1.165, 1.54) is 0 Å². The third-order valence-electron chi connectivity index (χ3n) is 2.63. The van der Waals surface area contributed by atoms with Gasteiger partial charge in [0.1, 0.15) is 0 Å². The van der Waals surface area contributed by atoms with Crippen LogP contribution >= 0.6 is 0 Å². The SMILES string of the molecule is CCC(CO)(CO)NC(C)C(=O)NC(C)C. The molecule has 5 heteroatoms. The molecule has 0 aliphatic rings. The van der Waals surface area contributed by atoms with Crippen LogP contribution in [-0.2, 0) is 4.79 Å². The van der Waals surface area contributed by atoms with E-state index in [1.54, 1.807) is 6.92 Å². The highest BCUT2D eigenvalue weighted by Gasteiger charge is 2.30. The molecule has 0 spiro atoms. The fourth-order valence-corrected chi connectivity index (χ4v) is 1.40. The van der Waals surface area contributed by atoms with Crippen molar-refractivity contribution < 1.29 is 15.0 Å². The van der Waals surface area contributed by atoms with Crippen LogP contribution in [0.3, 0.4) is 0 Å². The molecular formula is C11H24N2O3. The van der Waals surface area contributed by atoms with E-state index in [0.717, 1.165) is 0 Å². The minimum Gasteiger partial charge on any atom is -0.394 e. The Balaban J connectivity index is 4.40. The summed E-state index contributed by atoms with van der Waals surface area (Å²) in [6, 6.07) is -0.363. The summed E-state index contributed by atoms with van der Waals surface area (Å²) in [5.74, 6) is -0.130. The summed E-state index contributed by atoms with van der Waals surface area (Å²) >= 11 is 0. The number of nitrogens with one attached hydrogen (secondary N) is 2. The van der Waals surface area contributed by atoms with Crippen LogP contribution in [0.4, 0.5) is 0 Å². The smallest absolute Gasteiger partial charge is 0.237 e. The summed E-state index contributed by atoms with van der Waals surface area (Å²) in [5, 5.41) is 24.2. The summed E-state index contributed by atoms with van der Waals surface area (Å²) in [6.07, 6.45) is 0.555. The van der Waals surface area contributed by atoms with E-state index in [9.17, 15) is 15.0 Å². The Labute approximate surface area is 97.2 Å². The standard InChI is InChI=1S/C11H24N2O3/c1-5-11(6-14,7-15)13-9(4)10(16)12-8(2)3/h8-9,13-15H,5-7H2,1-4H3,(H,12,16). The number of hydrogen-bond acceptors (Lipinski definition) is 4. The lowest BCUT2D eigenvalue weighted by molar-refractivity contribution is -0.124. The van der Waals surface area contributed by atoms with Gasteiger partial charge in [0.15, 0.2) is 0 Å². The maximum atomic E-state index is 11.6. The van der Waals surface area contributed by atoms with Crippen LogP contribution in [0.5, 0.6) is 0 Å². The van der Waals surface area contributed by atoms with Crippen molar-refractivity contribution in [3.8, 4) is 0 Å². The third kappa shape index (κ3) is 4.47. The third-order valence-corrected chi connectivity index (χ3v) is 2.63. The minimum atomic E-state index is -0.784. The van der Waals surface area contributed by atoms with Crippen LogP contribution in [0.1, 0.15) is 34.1 Å². The lowest BCUT2D eigenvalue weighted by Crippen LogP contribution is -2.58. The average molecular weight is 232 g/mol. The first kappa shape index (κ1) is 15.3. The molecule has 0 fully saturated rings. The Kier molecular flexibility index (Phi) is 6.55. The molecule has 0 bridgehead atoms. The van der Waals surface area contributed by atoms with Gasteiger partial charge in [-0.15, -0.1) is 0 Å². The van der Waals surface area contributed by atoms with Crippen LogP contribution in [0.15, 0.2) is 0 Å². The summed E-state index contributed by atoms with van der Waals surface area (Å²) in [4.78, 5) is 11.6. The molecule has 1 unspecified atom stereocenters. The molecule has 16 heavy (non-hydrogen) atoms. The second kappa shape index (κ2) is 6.83. The van der Waals surface area contributed by atoms with Crippen molar-refractivity contribution in [2.75, 3.05) is 13.2 Å². The zero-order valence-electron chi connectivity index (χ0n) is 10.6. The van der Waals surface area contributed by atoms with E-state index in [1.807, 2.05) is 20.8 Å². The molecule has 0 saturated heterocycles. The molecule has 0 radical (unpaired) electrons. The van der Waals surface area contributed by atoms with Gasteiger partial charge in [0.25, 0.3) is 0 Å². The highest BCUT2D eigenvalue weighted by molar-refractivity contribution is 5.81. The number of aliphatic hydroxyl groups is 2. The number of rotatable bonds is 7. The van der Waals surface area contributed by atoms with Crippen molar-refractivity contribution in [3.63, 3.8) is 0 Å². The summed E-state index contributed by atoms with van der Waals surface area (Å²) in [7, 11) is 0. The molecule has 0 aromatic rings. The molecule has 0 aliphatic heterocycles. The molecule has 0 aliphatic carbocycles. The zero-order chi connectivity index (χ0) is 12.8. The van der Waals surface area contributed by atoms with Gasteiger partial charge in [0.2, 0.25) is 5.91 Å². The lowest BCUT2D eigenvalue weighted by atomic mass is 9.97. The molecule has 0 heterocycles. The van der Waals surface area contributed by atoms with Gasteiger partial charge in [-0.25, -0.2) is 0 Å². The monoisotopic (exact) mass is 232 g/mol. The average Bonchev–Trinajstić information content (AvgIpc) is 2.25. The largest absolute Gasteiger partial charge is 0.394 e. The summed E-state index contributed by atoms with van der Waals surface area (Å²) in [5.41, 5.74) is -0.784. The Bertz CT molecular complexity index is 207. The molecule has 96 valence electrons. The first-order valence-electron chi connectivity index (χ1n) is 5.70. The molecule has 1 amide bonds. The number of carbonyl (C=O) groups is 1. The maximum Gasteiger partial charge on any atom is 0.237 e. The fraction of sp³-hybridized carbons (Fsp3) is 0.909. The highest BCUT2D eigenvalue weighted by Crippen LogP contribution is 2.09. The van der Waals surface area contributed by atoms with Gasteiger partial charge < -0.3 is 15.5 Å². The second-order valence-electron chi connectivity index (χ2n) is 4.48. The van der Waals surface area contributed by atoms with E-state index in [4.69, 9.17) is 0 Å². The van der Waals surface area contributed by atoms with Crippen molar-refractivity contribution in [3.05, 3.63) is 0 Å². The van der Waals surface area contributed by atoms with E-state index in [0.29, 0.717) is 6.42 Å². The van der Waals surface area contributed by atoms with Gasteiger partial charge in [0, 0.05) is 6.04 Å². The molecule has 1 atom stereocenters. The van der Waals surface area contributed by atoms with Gasteiger partial charge in [-0.05, 0) is 27.2 Å². The Morgan fingerprint density at radius 3 is 2.06 bits per heavy atom. The van der Waals surface area contributed by atoms with Crippen LogP contribution in [0.2, 0.25) is 0 Å². The predicted octanol–water partition coefficient (Wildman–Crippen LogP) is -0.377. The molecule has 0 rings (SSSR count). The van der Waals surface area contributed by atoms with E-state index < -0.39 is 11.6 Å². The predicted molar refractivity (Wildman–Crippen MR) is 63.1 cm³/mol. The Hall–Kier alpha value is -0.650. The molecular weight excluding hydrogens is 208 g/mol. The Morgan fingerprint density at radius 1 is 1.25 bits per heavy atom. The van der Waals surface area contributed by atoms with E-state index in [2.05, 4.69) is 10.6 Å². The fourth-order valence-electron chi connectivity index (χ4n) is 1.40. The van der Waals surface area contributed by atoms with E-state index >= 15 is 0 Å². The molecule has 0 aromatic heterocycles. The van der Waals surface area contributed by atoms with Crippen molar-refractivity contribution in [2.45, 2.75) is 51.7 Å². The number of hydrogen-bond donors (Lipinski definition) is 4. The van der Waals surface area contributed by atoms with E-state index in [-0.39, 0.29) is 25.2 Å². The topological polar surface area (TPSA) is 81.6 Å². The van der Waals surface area contributed by atoms with Crippen molar-refractivity contribution >= 4 is 5.91 Å². The normalized spacial score (nSPS) is 13.9. The molecule has 5 nitrogen and oxygen atoms in total. The molecule has 0 aromatic carbocycles.